The van der Waals surface area contributed by atoms with Crippen LogP contribution in [-0.4, -0.2) is 50.3 Å². The Bertz CT molecular complexity index is 549. The van der Waals surface area contributed by atoms with E-state index in [2.05, 4.69) is 24.0 Å². The Morgan fingerprint density at radius 2 is 1.91 bits per heavy atom. The number of hydrogen-bond donors (Lipinski definition) is 1. The first kappa shape index (κ1) is 16.8. The van der Waals surface area contributed by atoms with Gasteiger partial charge < -0.3 is 10.6 Å². The lowest BCUT2D eigenvalue weighted by Crippen LogP contribution is -2.43. The molecule has 2 amide bonds. The van der Waals surface area contributed by atoms with E-state index in [1.165, 1.54) is 18.2 Å². The van der Waals surface area contributed by atoms with Crippen molar-refractivity contribution >= 4 is 23.6 Å². The summed E-state index contributed by atoms with van der Waals surface area (Å²) in [7, 11) is 0. The first-order valence-corrected chi connectivity index (χ1v) is 8.44. The Labute approximate surface area is 134 Å². The van der Waals surface area contributed by atoms with E-state index in [1.54, 1.807) is 11.5 Å². The van der Waals surface area contributed by atoms with Gasteiger partial charge in [-0.15, -0.1) is 10.2 Å². The highest BCUT2D eigenvalue weighted by Gasteiger charge is 2.25. The third-order valence-corrected chi connectivity index (χ3v) is 4.71. The zero-order valence-corrected chi connectivity index (χ0v) is 14.1. The molecule has 2 rings (SSSR count). The van der Waals surface area contributed by atoms with Crippen LogP contribution >= 0.6 is 11.8 Å². The molecule has 2 heterocycles. The molecule has 8 heteroatoms. The normalized spacial score (nSPS) is 21.9. The summed E-state index contributed by atoms with van der Waals surface area (Å²) >= 11 is 1.30. The topological polar surface area (TPSA) is 94.1 Å². The van der Waals surface area contributed by atoms with Crippen molar-refractivity contribution < 1.29 is 9.59 Å². The molecule has 7 nitrogen and oxygen atoms in total. The minimum atomic E-state index is -0.449. The molecule has 1 aliphatic rings. The molecule has 0 aliphatic carbocycles. The number of aromatic nitrogens is 3. The highest BCUT2D eigenvalue weighted by molar-refractivity contribution is 7.99. The summed E-state index contributed by atoms with van der Waals surface area (Å²) in [6.07, 6.45) is 1.17. The van der Waals surface area contributed by atoms with E-state index in [4.69, 9.17) is 5.73 Å². The average Bonchev–Trinajstić information content (AvgIpc) is 2.75. The van der Waals surface area contributed by atoms with Gasteiger partial charge in [-0.05, 0) is 25.2 Å². The quantitative estimate of drug-likeness (QED) is 0.803. The highest BCUT2D eigenvalue weighted by Crippen LogP contribution is 2.23. The van der Waals surface area contributed by atoms with Gasteiger partial charge in [-0.1, -0.05) is 25.6 Å². The van der Waals surface area contributed by atoms with Crippen LogP contribution in [0.3, 0.4) is 0 Å². The van der Waals surface area contributed by atoms with E-state index in [-0.39, 0.29) is 12.5 Å². The van der Waals surface area contributed by atoms with Crippen LogP contribution in [0.15, 0.2) is 5.16 Å². The fraction of sp³-hybridized carbons (Fsp3) is 0.714. The first-order chi connectivity index (χ1) is 10.4. The molecule has 2 unspecified atom stereocenters. The van der Waals surface area contributed by atoms with Crippen LogP contribution in [0, 0.1) is 18.8 Å². The lowest BCUT2D eigenvalue weighted by atomic mass is 9.92. The van der Waals surface area contributed by atoms with Crippen molar-refractivity contribution in [2.75, 3.05) is 18.8 Å². The maximum Gasteiger partial charge on any atom is 0.237 e. The summed E-state index contributed by atoms with van der Waals surface area (Å²) < 4.78 is 1.64. The zero-order chi connectivity index (χ0) is 16.3. The molecule has 0 radical (unpaired) electrons. The molecule has 0 aromatic carbocycles. The van der Waals surface area contributed by atoms with Crippen LogP contribution < -0.4 is 5.73 Å². The second-order valence-electron chi connectivity index (χ2n) is 6.12. The lowest BCUT2D eigenvalue weighted by Gasteiger charge is -2.34. The molecule has 1 aromatic rings. The molecule has 1 fully saturated rings. The number of aryl methyl sites for hydroxylation is 1. The zero-order valence-electron chi connectivity index (χ0n) is 13.3. The fourth-order valence-electron chi connectivity index (χ4n) is 2.89. The Kier molecular flexibility index (Phi) is 5.44. The number of carbonyl (C=O) groups excluding carboxylic acids is 2. The Morgan fingerprint density at radius 3 is 2.50 bits per heavy atom. The van der Waals surface area contributed by atoms with Crippen LogP contribution in [0.1, 0.15) is 26.1 Å². The first-order valence-electron chi connectivity index (χ1n) is 7.45. The number of carbonyl (C=O) groups is 2. The van der Waals surface area contributed by atoms with Crippen LogP contribution in [0.2, 0.25) is 0 Å². The molecule has 0 spiro atoms. The number of thioether (sulfide) groups is 1. The molecule has 22 heavy (non-hydrogen) atoms. The molecule has 0 saturated carbocycles. The number of nitrogens with zero attached hydrogens (tertiary/aromatic N) is 4. The minimum Gasteiger partial charge on any atom is -0.368 e. The van der Waals surface area contributed by atoms with Crippen LogP contribution in [0.5, 0.6) is 0 Å². The summed E-state index contributed by atoms with van der Waals surface area (Å²) in [6, 6.07) is 0. The van der Waals surface area contributed by atoms with Crippen molar-refractivity contribution in [3.63, 3.8) is 0 Å². The second kappa shape index (κ2) is 7.13. The Hall–Kier alpha value is -1.57. The van der Waals surface area contributed by atoms with Gasteiger partial charge in [0.2, 0.25) is 11.8 Å². The average molecular weight is 325 g/mol. The van der Waals surface area contributed by atoms with Gasteiger partial charge in [-0.2, -0.15) is 0 Å². The number of amides is 2. The maximum absolute atomic E-state index is 12.4. The Morgan fingerprint density at radius 1 is 1.27 bits per heavy atom. The van der Waals surface area contributed by atoms with Crippen molar-refractivity contribution in [3.05, 3.63) is 5.82 Å². The minimum absolute atomic E-state index is 0.0349. The van der Waals surface area contributed by atoms with Crippen molar-refractivity contribution in [3.8, 4) is 0 Å². The van der Waals surface area contributed by atoms with E-state index in [1.807, 2.05) is 4.90 Å². The molecule has 2 atom stereocenters. The summed E-state index contributed by atoms with van der Waals surface area (Å²) in [6.45, 7) is 7.78. The van der Waals surface area contributed by atoms with Gasteiger partial charge in [0.05, 0.1) is 5.75 Å². The van der Waals surface area contributed by atoms with Crippen molar-refractivity contribution in [1.82, 2.24) is 19.7 Å². The summed E-state index contributed by atoms with van der Waals surface area (Å²) in [5.74, 6) is 1.66. The third kappa shape index (κ3) is 4.22. The van der Waals surface area contributed by atoms with E-state index < -0.39 is 5.91 Å². The summed E-state index contributed by atoms with van der Waals surface area (Å²) in [4.78, 5) is 25.4. The monoisotopic (exact) mass is 325 g/mol. The highest BCUT2D eigenvalue weighted by atomic mass is 32.2. The molecule has 1 saturated heterocycles. The van der Waals surface area contributed by atoms with E-state index in [0.717, 1.165) is 13.1 Å². The molecule has 1 aliphatic heterocycles. The number of primary amides is 1. The number of likely N-dealkylation sites (tertiary alicyclic amines) is 1. The van der Waals surface area contributed by atoms with Crippen LogP contribution in [0.4, 0.5) is 0 Å². The second-order valence-corrected chi connectivity index (χ2v) is 7.06. The van der Waals surface area contributed by atoms with Crippen LogP contribution in [0.25, 0.3) is 0 Å². The van der Waals surface area contributed by atoms with Gasteiger partial charge in [0, 0.05) is 13.1 Å². The molecular formula is C14H23N5O2S. The number of nitrogens with two attached hydrogens (primary N) is 1. The largest absolute Gasteiger partial charge is 0.368 e. The molecular weight excluding hydrogens is 302 g/mol. The van der Waals surface area contributed by atoms with Crippen molar-refractivity contribution in [1.29, 1.82) is 0 Å². The Balaban J connectivity index is 1.95. The molecule has 1 aromatic heterocycles. The SMILES string of the molecule is Cc1nnc(SCC(=O)N2CC(C)CC(C)C2)n1CC(N)=O. The molecule has 0 bridgehead atoms. The standard InChI is InChI=1S/C14H23N5O2S/c1-9-4-10(2)6-18(5-9)13(21)8-22-14-17-16-11(3)19(14)7-12(15)20/h9-10H,4-8H2,1-3H3,(H2,15,20). The smallest absolute Gasteiger partial charge is 0.237 e. The van der Waals surface area contributed by atoms with Crippen molar-refractivity contribution in [2.24, 2.45) is 17.6 Å². The summed E-state index contributed by atoms with van der Waals surface area (Å²) in [5.41, 5.74) is 5.23. The van der Waals surface area contributed by atoms with Gasteiger partial charge in [0.25, 0.3) is 0 Å². The van der Waals surface area contributed by atoms with Gasteiger partial charge in [-0.3, -0.25) is 14.2 Å². The number of hydrogen-bond acceptors (Lipinski definition) is 5. The van der Waals surface area contributed by atoms with Crippen molar-refractivity contribution in [2.45, 2.75) is 38.9 Å². The maximum atomic E-state index is 12.4. The predicted octanol–water partition coefficient (Wildman–Crippen LogP) is 0.668. The predicted molar refractivity (Wildman–Crippen MR) is 84.2 cm³/mol. The van der Waals surface area contributed by atoms with Gasteiger partial charge in [0.15, 0.2) is 5.16 Å². The van der Waals surface area contributed by atoms with E-state index in [9.17, 15) is 9.59 Å². The number of piperidine rings is 1. The van der Waals surface area contributed by atoms with Gasteiger partial charge in [0.1, 0.15) is 12.4 Å². The van der Waals surface area contributed by atoms with E-state index >= 15 is 0 Å². The van der Waals surface area contributed by atoms with Gasteiger partial charge >= 0.3 is 0 Å². The van der Waals surface area contributed by atoms with Crippen LogP contribution in [-0.2, 0) is 16.1 Å². The fourth-order valence-corrected chi connectivity index (χ4v) is 3.78. The third-order valence-electron chi connectivity index (χ3n) is 3.76. The summed E-state index contributed by atoms with van der Waals surface area (Å²) in [5, 5.41) is 8.51. The number of rotatable bonds is 5. The molecule has 2 N–H and O–H groups in total. The van der Waals surface area contributed by atoms with Gasteiger partial charge in [-0.25, -0.2) is 0 Å². The lowest BCUT2D eigenvalue weighted by molar-refractivity contribution is -0.131. The molecule has 122 valence electrons. The van der Waals surface area contributed by atoms with E-state index in [0.29, 0.717) is 28.6 Å².